The number of amides is 1. The Hall–Kier alpha value is -2.61. The minimum absolute atomic E-state index is 0.0519. The van der Waals surface area contributed by atoms with Crippen LogP contribution in [-0.2, 0) is 9.84 Å². The molecule has 3 rings (SSSR count). The number of likely N-dealkylation sites (N-methyl/N-ethyl adjacent to an activating group) is 1. The highest BCUT2D eigenvalue weighted by Gasteiger charge is 2.24. The molecule has 31 heavy (non-hydrogen) atoms. The monoisotopic (exact) mass is 460 g/mol. The van der Waals surface area contributed by atoms with Crippen LogP contribution in [0.2, 0.25) is 5.02 Å². The molecule has 0 radical (unpaired) electrons. The molecule has 0 aliphatic rings. The summed E-state index contributed by atoms with van der Waals surface area (Å²) in [5, 5.41) is 3.25. The zero-order chi connectivity index (χ0) is 22.4. The summed E-state index contributed by atoms with van der Waals surface area (Å²) in [6.45, 7) is 6.06. The largest absolute Gasteiger partial charge is 0.439 e. The molecule has 0 saturated heterocycles. The van der Waals surface area contributed by atoms with Gasteiger partial charge in [-0.05, 0) is 55.1 Å². The standard InChI is InChI=1S/C23H25ClN2O4S/c1-3-26(4-2)20(17-10-12-18(24)13-11-17)16-25-23(27)21-14-15-22(30-21)31(28,29)19-8-6-5-7-9-19/h5-15,20H,3-4,16H2,1-2H3,(H,25,27). The molecule has 0 bridgehead atoms. The Kier molecular flexibility index (Phi) is 7.54. The molecule has 6 nitrogen and oxygen atoms in total. The summed E-state index contributed by atoms with van der Waals surface area (Å²) in [6, 6.07) is 18.1. The van der Waals surface area contributed by atoms with Crippen molar-refractivity contribution in [1.29, 1.82) is 0 Å². The van der Waals surface area contributed by atoms with Crippen molar-refractivity contribution in [3.63, 3.8) is 0 Å². The second-order valence-electron chi connectivity index (χ2n) is 6.93. The van der Waals surface area contributed by atoms with Crippen LogP contribution in [0.25, 0.3) is 0 Å². The molecule has 1 heterocycles. The summed E-state index contributed by atoms with van der Waals surface area (Å²) in [7, 11) is -3.82. The van der Waals surface area contributed by atoms with E-state index in [0.717, 1.165) is 18.7 Å². The highest BCUT2D eigenvalue weighted by Crippen LogP contribution is 2.24. The zero-order valence-electron chi connectivity index (χ0n) is 17.4. The van der Waals surface area contributed by atoms with Crippen LogP contribution in [0.15, 0.2) is 81.1 Å². The number of nitrogens with zero attached hydrogens (tertiary/aromatic N) is 1. The Balaban J connectivity index is 1.75. The maximum atomic E-state index is 12.7. The summed E-state index contributed by atoms with van der Waals surface area (Å²) < 4.78 is 30.7. The van der Waals surface area contributed by atoms with Crippen LogP contribution in [0.1, 0.15) is 36.0 Å². The Morgan fingerprint density at radius 2 is 1.65 bits per heavy atom. The van der Waals surface area contributed by atoms with E-state index in [-0.39, 0.29) is 21.8 Å². The molecule has 0 spiro atoms. The van der Waals surface area contributed by atoms with E-state index in [2.05, 4.69) is 24.1 Å². The molecule has 3 aromatic rings. The normalized spacial score (nSPS) is 12.6. The number of benzene rings is 2. The fourth-order valence-corrected chi connectivity index (χ4v) is 4.71. The van der Waals surface area contributed by atoms with E-state index < -0.39 is 15.7 Å². The van der Waals surface area contributed by atoms with Gasteiger partial charge in [-0.25, -0.2) is 8.42 Å². The van der Waals surface area contributed by atoms with Gasteiger partial charge in [0.2, 0.25) is 14.9 Å². The maximum Gasteiger partial charge on any atom is 0.287 e. The van der Waals surface area contributed by atoms with Crippen LogP contribution in [0, 0.1) is 0 Å². The maximum absolute atomic E-state index is 12.7. The van der Waals surface area contributed by atoms with Gasteiger partial charge in [-0.15, -0.1) is 0 Å². The van der Waals surface area contributed by atoms with Crippen molar-refractivity contribution in [2.75, 3.05) is 19.6 Å². The topological polar surface area (TPSA) is 79.6 Å². The van der Waals surface area contributed by atoms with Gasteiger partial charge >= 0.3 is 0 Å². The summed E-state index contributed by atoms with van der Waals surface area (Å²) in [6.07, 6.45) is 0. The van der Waals surface area contributed by atoms with Gasteiger partial charge in [-0.2, -0.15) is 0 Å². The average molecular weight is 461 g/mol. The Bertz CT molecular complexity index is 1110. The molecule has 2 aromatic carbocycles. The van der Waals surface area contributed by atoms with Crippen molar-refractivity contribution in [2.45, 2.75) is 29.9 Å². The number of nitrogens with one attached hydrogen (secondary N) is 1. The molecule has 0 aliphatic carbocycles. The quantitative estimate of drug-likeness (QED) is 0.505. The molecule has 1 N–H and O–H groups in total. The first-order valence-corrected chi connectivity index (χ1v) is 11.9. The van der Waals surface area contributed by atoms with Crippen molar-refractivity contribution in [3.05, 3.63) is 83.1 Å². The van der Waals surface area contributed by atoms with Crippen molar-refractivity contribution in [2.24, 2.45) is 0 Å². The third kappa shape index (κ3) is 5.36. The van der Waals surface area contributed by atoms with E-state index >= 15 is 0 Å². The lowest BCUT2D eigenvalue weighted by atomic mass is 10.0. The van der Waals surface area contributed by atoms with Gasteiger partial charge in [0, 0.05) is 11.6 Å². The van der Waals surface area contributed by atoms with E-state index in [1.165, 1.54) is 24.3 Å². The predicted molar refractivity (Wildman–Crippen MR) is 120 cm³/mol. The molecule has 0 fully saturated rings. The van der Waals surface area contributed by atoms with E-state index in [9.17, 15) is 13.2 Å². The lowest BCUT2D eigenvalue weighted by Crippen LogP contribution is -2.38. The number of rotatable bonds is 9. The van der Waals surface area contributed by atoms with E-state index in [1.807, 2.05) is 24.3 Å². The number of hydrogen-bond donors (Lipinski definition) is 1. The Labute approximate surface area is 187 Å². The molecular formula is C23H25ClN2O4S. The SMILES string of the molecule is CCN(CC)C(CNC(=O)c1ccc(S(=O)(=O)c2ccccc2)o1)c1ccc(Cl)cc1. The number of carbonyl (C=O) groups is 1. The minimum atomic E-state index is -3.82. The molecule has 1 atom stereocenters. The molecule has 0 aliphatic heterocycles. The number of sulfone groups is 1. The zero-order valence-corrected chi connectivity index (χ0v) is 19.0. The Morgan fingerprint density at radius 1 is 1.00 bits per heavy atom. The van der Waals surface area contributed by atoms with E-state index in [0.29, 0.717) is 11.6 Å². The van der Waals surface area contributed by atoms with Crippen molar-refractivity contribution in [1.82, 2.24) is 10.2 Å². The second kappa shape index (κ2) is 10.1. The third-order valence-electron chi connectivity index (χ3n) is 5.09. The van der Waals surface area contributed by atoms with Gasteiger partial charge in [0.1, 0.15) is 0 Å². The second-order valence-corrected chi connectivity index (χ2v) is 9.25. The summed E-state index contributed by atoms with van der Waals surface area (Å²) >= 11 is 6.01. The number of hydrogen-bond acceptors (Lipinski definition) is 5. The number of carbonyl (C=O) groups excluding carboxylic acids is 1. The lowest BCUT2D eigenvalue weighted by molar-refractivity contribution is 0.0902. The molecule has 1 aromatic heterocycles. The van der Waals surface area contributed by atoms with Crippen LogP contribution >= 0.6 is 11.6 Å². The van der Waals surface area contributed by atoms with Gasteiger partial charge in [-0.1, -0.05) is 55.8 Å². The Morgan fingerprint density at radius 3 is 2.26 bits per heavy atom. The first-order valence-electron chi connectivity index (χ1n) is 10.0. The van der Waals surface area contributed by atoms with Gasteiger partial charge in [-0.3, -0.25) is 9.69 Å². The summed E-state index contributed by atoms with van der Waals surface area (Å²) in [4.78, 5) is 15.0. The van der Waals surface area contributed by atoms with Gasteiger partial charge < -0.3 is 9.73 Å². The first-order chi connectivity index (χ1) is 14.9. The van der Waals surface area contributed by atoms with Crippen molar-refractivity contribution >= 4 is 27.3 Å². The van der Waals surface area contributed by atoms with Crippen LogP contribution in [0.5, 0.6) is 0 Å². The molecule has 164 valence electrons. The average Bonchev–Trinajstić information content (AvgIpc) is 3.29. The van der Waals surface area contributed by atoms with Gasteiger partial charge in [0.25, 0.3) is 5.91 Å². The van der Waals surface area contributed by atoms with Crippen LogP contribution in [0.4, 0.5) is 0 Å². The van der Waals surface area contributed by atoms with E-state index in [4.69, 9.17) is 16.0 Å². The smallest absolute Gasteiger partial charge is 0.287 e. The summed E-state index contributed by atoms with van der Waals surface area (Å²) in [5.41, 5.74) is 1.03. The highest BCUT2D eigenvalue weighted by molar-refractivity contribution is 7.91. The third-order valence-corrected chi connectivity index (χ3v) is 6.98. The fourth-order valence-electron chi connectivity index (χ4n) is 3.39. The van der Waals surface area contributed by atoms with Gasteiger partial charge in [0.05, 0.1) is 10.9 Å². The lowest BCUT2D eigenvalue weighted by Gasteiger charge is -2.30. The molecule has 8 heteroatoms. The number of halogens is 1. The number of furan rings is 1. The molecular weight excluding hydrogens is 436 g/mol. The fraction of sp³-hybridized carbons (Fsp3) is 0.261. The predicted octanol–water partition coefficient (Wildman–Crippen LogP) is 4.58. The summed E-state index contributed by atoms with van der Waals surface area (Å²) in [5.74, 6) is -0.524. The molecule has 1 unspecified atom stereocenters. The highest BCUT2D eigenvalue weighted by atomic mass is 35.5. The molecule has 1 amide bonds. The van der Waals surface area contributed by atoms with Gasteiger partial charge in [0.15, 0.2) is 5.76 Å². The van der Waals surface area contributed by atoms with E-state index in [1.54, 1.807) is 18.2 Å². The first kappa shape index (κ1) is 23.1. The molecule has 0 saturated carbocycles. The minimum Gasteiger partial charge on any atom is -0.439 e. The van der Waals surface area contributed by atoms with Crippen molar-refractivity contribution < 1.29 is 17.6 Å². The van der Waals surface area contributed by atoms with Crippen LogP contribution in [-0.4, -0.2) is 38.9 Å². The van der Waals surface area contributed by atoms with Crippen molar-refractivity contribution in [3.8, 4) is 0 Å². The van der Waals surface area contributed by atoms with Crippen LogP contribution < -0.4 is 5.32 Å². The van der Waals surface area contributed by atoms with Crippen LogP contribution in [0.3, 0.4) is 0 Å².